The lowest BCUT2D eigenvalue weighted by Crippen LogP contribution is -2.28. The highest BCUT2D eigenvalue weighted by molar-refractivity contribution is 9.10. The first-order valence-electron chi connectivity index (χ1n) is 8.88. The highest BCUT2D eigenvalue weighted by Crippen LogP contribution is 2.16. The summed E-state index contributed by atoms with van der Waals surface area (Å²) in [7, 11) is 0. The third kappa shape index (κ3) is 3.92. The molecule has 28 heavy (non-hydrogen) atoms. The number of carbonyl (C=O) groups excluding carboxylic acids is 1. The van der Waals surface area contributed by atoms with Crippen molar-refractivity contribution in [2.45, 2.75) is 13.1 Å². The van der Waals surface area contributed by atoms with Crippen molar-refractivity contribution in [1.82, 2.24) is 9.13 Å². The van der Waals surface area contributed by atoms with Gasteiger partial charge >= 0.3 is 0 Å². The van der Waals surface area contributed by atoms with Crippen LogP contribution in [0.3, 0.4) is 0 Å². The largest absolute Gasteiger partial charge is 0.339 e. The molecule has 1 N–H and O–H groups in total. The molecule has 0 spiro atoms. The molecule has 5 nitrogen and oxygen atoms in total. The van der Waals surface area contributed by atoms with Crippen LogP contribution in [0.2, 0.25) is 0 Å². The fourth-order valence-electron chi connectivity index (χ4n) is 3.20. The zero-order valence-electron chi connectivity index (χ0n) is 15.0. The lowest BCUT2D eigenvalue weighted by atomic mass is 10.2. The van der Waals surface area contributed by atoms with Crippen LogP contribution in [0.5, 0.6) is 0 Å². The molecule has 0 aliphatic rings. The molecule has 0 saturated carbocycles. The molecule has 0 saturated heterocycles. The molecule has 4 rings (SSSR count). The van der Waals surface area contributed by atoms with Crippen molar-refractivity contribution < 1.29 is 4.79 Å². The summed E-state index contributed by atoms with van der Waals surface area (Å²) in [6, 6.07) is 21.1. The van der Waals surface area contributed by atoms with E-state index in [1.807, 2.05) is 71.4 Å². The number of pyridine rings is 1. The summed E-state index contributed by atoms with van der Waals surface area (Å²) in [6.45, 7) is 0.561. The van der Waals surface area contributed by atoms with Gasteiger partial charge in [-0.1, -0.05) is 52.3 Å². The Morgan fingerprint density at radius 3 is 2.43 bits per heavy atom. The van der Waals surface area contributed by atoms with Gasteiger partial charge in [-0.2, -0.15) is 0 Å². The van der Waals surface area contributed by atoms with Crippen LogP contribution in [0.25, 0.3) is 10.9 Å². The Kier molecular flexibility index (Phi) is 5.12. The summed E-state index contributed by atoms with van der Waals surface area (Å²) in [5.74, 6) is -0.249. The van der Waals surface area contributed by atoms with E-state index >= 15 is 0 Å². The zero-order valence-corrected chi connectivity index (χ0v) is 16.6. The van der Waals surface area contributed by atoms with E-state index in [-0.39, 0.29) is 18.0 Å². The van der Waals surface area contributed by atoms with Crippen molar-refractivity contribution in [2.75, 3.05) is 5.32 Å². The van der Waals surface area contributed by atoms with Gasteiger partial charge in [-0.15, -0.1) is 0 Å². The molecule has 0 radical (unpaired) electrons. The number of halogens is 1. The molecule has 2 aromatic heterocycles. The lowest BCUT2D eigenvalue weighted by Gasteiger charge is -2.10. The smallest absolute Gasteiger partial charge is 0.275 e. The topological polar surface area (TPSA) is 56.0 Å². The minimum atomic E-state index is -0.249. The number of hydrogen-bond donors (Lipinski definition) is 1. The third-order valence-corrected chi connectivity index (χ3v) is 5.00. The van der Waals surface area contributed by atoms with Crippen molar-refractivity contribution in [3.8, 4) is 0 Å². The maximum absolute atomic E-state index is 13.0. The second-order valence-electron chi connectivity index (χ2n) is 6.54. The lowest BCUT2D eigenvalue weighted by molar-refractivity contribution is -0.116. The maximum Gasteiger partial charge on any atom is 0.275 e. The van der Waals surface area contributed by atoms with E-state index in [2.05, 4.69) is 21.2 Å². The first-order valence-corrected chi connectivity index (χ1v) is 9.67. The number of carbonyl (C=O) groups is 1. The minimum Gasteiger partial charge on any atom is -0.339 e. The van der Waals surface area contributed by atoms with E-state index in [1.165, 1.54) is 4.57 Å². The van der Waals surface area contributed by atoms with E-state index in [0.29, 0.717) is 17.7 Å². The second kappa shape index (κ2) is 7.86. The van der Waals surface area contributed by atoms with Gasteiger partial charge in [0.15, 0.2) is 0 Å². The van der Waals surface area contributed by atoms with Crippen molar-refractivity contribution in [2.24, 2.45) is 0 Å². The monoisotopic (exact) mass is 435 g/mol. The van der Waals surface area contributed by atoms with Crippen LogP contribution in [0, 0.1) is 0 Å². The summed E-state index contributed by atoms with van der Waals surface area (Å²) in [4.78, 5) is 25.4. The maximum atomic E-state index is 13.0. The van der Waals surface area contributed by atoms with Crippen LogP contribution in [0.4, 0.5) is 5.69 Å². The summed E-state index contributed by atoms with van der Waals surface area (Å²) in [5.41, 5.74) is 2.22. The quantitative estimate of drug-likeness (QED) is 0.509. The molecular formula is C22H18BrN3O2. The molecule has 0 unspecified atom stereocenters. The van der Waals surface area contributed by atoms with Crippen molar-refractivity contribution in [3.63, 3.8) is 0 Å². The Labute approximate surface area is 170 Å². The van der Waals surface area contributed by atoms with E-state index in [0.717, 1.165) is 15.4 Å². The molecular weight excluding hydrogens is 418 g/mol. The Bertz CT molecular complexity index is 1200. The summed E-state index contributed by atoms with van der Waals surface area (Å²) >= 11 is 3.38. The highest BCUT2D eigenvalue weighted by atomic mass is 79.9. The average molecular weight is 436 g/mol. The molecule has 1 amide bonds. The molecule has 0 fully saturated rings. The third-order valence-electron chi connectivity index (χ3n) is 4.51. The molecule has 0 aliphatic carbocycles. The molecule has 0 atom stereocenters. The molecule has 0 bridgehead atoms. The van der Waals surface area contributed by atoms with Gasteiger partial charge < -0.3 is 14.5 Å². The summed E-state index contributed by atoms with van der Waals surface area (Å²) in [6.07, 6.45) is 3.57. The number of anilines is 1. The number of nitrogens with one attached hydrogen (secondary N) is 1. The van der Waals surface area contributed by atoms with Gasteiger partial charge in [0, 0.05) is 34.5 Å². The van der Waals surface area contributed by atoms with Gasteiger partial charge in [-0.3, -0.25) is 9.59 Å². The number of fused-ring (bicyclic) bond motifs is 1. The molecule has 6 heteroatoms. The predicted octanol–water partition coefficient (Wildman–Crippen LogP) is 4.25. The number of benzene rings is 2. The number of aromatic nitrogens is 2. The Morgan fingerprint density at radius 1 is 0.929 bits per heavy atom. The summed E-state index contributed by atoms with van der Waals surface area (Å²) < 4.78 is 4.25. The van der Waals surface area contributed by atoms with Crippen LogP contribution in [0.1, 0.15) is 5.56 Å². The van der Waals surface area contributed by atoms with Crippen LogP contribution < -0.4 is 10.9 Å². The van der Waals surface area contributed by atoms with E-state index in [4.69, 9.17) is 0 Å². The Balaban J connectivity index is 1.59. The van der Waals surface area contributed by atoms with Crippen LogP contribution in [-0.4, -0.2) is 15.0 Å². The predicted molar refractivity (Wildman–Crippen MR) is 115 cm³/mol. The van der Waals surface area contributed by atoms with Crippen LogP contribution in [-0.2, 0) is 17.9 Å². The van der Waals surface area contributed by atoms with Crippen molar-refractivity contribution in [1.29, 1.82) is 0 Å². The number of nitrogens with zero attached hydrogens (tertiary/aromatic N) is 2. The van der Waals surface area contributed by atoms with Gasteiger partial charge in [0.25, 0.3) is 5.56 Å². The van der Waals surface area contributed by atoms with Crippen molar-refractivity contribution >= 4 is 38.4 Å². The Morgan fingerprint density at radius 2 is 1.68 bits per heavy atom. The SMILES string of the molecule is O=C(Cn1ccc2ccn(Cc3ccccc3)c2c1=O)Nc1cccc(Br)c1. The normalized spacial score (nSPS) is 10.9. The molecule has 2 aromatic carbocycles. The molecule has 2 heterocycles. The number of rotatable bonds is 5. The highest BCUT2D eigenvalue weighted by Gasteiger charge is 2.11. The number of amides is 1. The van der Waals surface area contributed by atoms with Gasteiger partial charge in [-0.25, -0.2) is 0 Å². The van der Waals surface area contributed by atoms with Gasteiger partial charge in [0.05, 0.1) is 0 Å². The second-order valence-corrected chi connectivity index (χ2v) is 7.46. The number of hydrogen-bond acceptors (Lipinski definition) is 2. The van der Waals surface area contributed by atoms with Gasteiger partial charge in [0.2, 0.25) is 5.91 Å². The standard InChI is InChI=1S/C22H18BrN3O2/c23-18-7-4-8-19(13-18)24-20(27)15-26-12-10-17-9-11-25(21(17)22(26)28)14-16-5-2-1-3-6-16/h1-13H,14-15H2,(H,24,27). The zero-order chi connectivity index (χ0) is 19.5. The van der Waals surface area contributed by atoms with Gasteiger partial charge in [-0.05, 0) is 35.9 Å². The van der Waals surface area contributed by atoms with Crippen molar-refractivity contribution in [3.05, 3.63) is 99.5 Å². The Hall–Kier alpha value is -3.12. The fourth-order valence-corrected chi connectivity index (χ4v) is 3.60. The van der Waals surface area contributed by atoms with E-state index in [9.17, 15) is 9.59 Å². The molecule has 0 aliphatic heterocycles. The molecule has 4 aromatic rings. The van der Waals surface area contributed by atoms with E-state index in [1.54, 1.807) is 12.3 Å². The van der Waals surface area contributed by atoms with Crippen LogP contribution in [0.15, 0.2) is 88.4 Å². The first kappa shape index (κ1) is 18.3. The fraction of sp³-hybridized carbons (Fsp3) is 0.0909. The molecule has 140 valence electrons. The van der Waals surface area contributed by atoms with Crippen LogP contribution >= 0.6 is 15.9 Å². The average Bonchev–Trinajstić information content (AvgIpc) is 3.08. The summed E-state index contributed by atoms with van der Waals surface area (Å²) in [5, 5.41) is 3.68. The van der Waals surface area contributed by atoms with Gasteiger partial charge in [0.1, 0.15) is 12.1 Å². The first-order chi connectivity index (χ1) is 13.6. The minimum absolute atomic E-state index is 0.0438. The van der Waals surface area contributed by atoms with E-state index < -0.39 is 0 Å².